The molecule has 1 unspecified atom stereocenters. The van der Waals surface area contributed by atoms with E-state index in [9.17, 15) is 14.4 Å². The Morgan fingerprint density at radius 3 is 2.48 bits per heavy atom. The number of para-hydroxylation sites is 1. The molecule has 2 aromatic carbocycles. The minimum absolute atomic E-state index is 0.0405. The number of carbonyl (C=O) groups excluding carboxylic acids is 2. The average molecular weight is 561 g/mol. The van der Waals surface area contributed by atoms with Crippen molar-refractivity contribution in [1.29, 1.82) is 0 Å². The molecule has 0 aliphatic carbocycles. The molecule has 208 valence electrons. The van der Waals surface area contributed by atoms with Crippen molar-refractivity contribution < 1.29 is 19.1 Å². The number of benzene rings is 2. The number of hydrogen-bond acceptors (Lipinski definition) is 7. The van der Waals surface area contributed by atoms with Gasteiger partial charge in [0, 0.05) is 23.4 Å². The third-order valence-electron chi connectivity index (χ3n) is 6.20. The molecule has 0 fully saturated rings. The highest BCUT2D eigenvalue weighted by molar-refractivity contribution is 7.07. The lowest BCUT2D eigenvalue weighted by molar-refractivity contribution is -0.135. The first-order chi connectivity index (χ1) is 19.3. The van der Waals surface area contributed by atoms with Gasteiger partial charge in [0.2, 0.25) is 5.91 Å². The van der Waals surface area contributed by atoms with Gasteiger partial charge in [-0.1, -0.05) is 25.1 Å². The molecule has 0 bridgehead atoms. The molecule has 2 aromatic heterocycles. The first-order valence-electron chi connectivity index (χ1n) is 13.0. The van der Waals surface area contributed by atoms with Gasteiger partial charge in [0.05, 0.1) is 30.0 Å². The van der Waals surface area contributed by atoms with Crippen LogP contribution < -0.4 is 24.8 Å². The molecule has 1 atom stereocenters. The smallest absolute Gasteiger partial charge is 0.333 e. The van der Waals surface area contributed by atoms with E-state index in [1.807, 2.05) is 74.6 Å². The zero-order chi connectivity index (χ0) is 28.6. The summed E-state index contributed by atoms with van der Waals surface area (Å²) in [7, 11) is 1.61. The predicted molar refractivity (Wildman–Crippen MR) is 156 cm³/mol. The molecular weight excluding hydrogens is 528 g/mol. The van der Waals surface area contributed by atoms with Gasteiger partial charge in [0.1, 0.15) is 22.7 Å². The first kappa shape index (κ1) is 28.6. The van der Waals surface area contributed by atoms with Crippen LogP contribution in [0.5, 0.6) is 5.75 Å². The summed E-state index contributed by atoms with van der Waals surface area (Å²) >= 11 is 1.12. The standard InChI is InChI=1S/C30H32N4O5S/c1-5-20(3)31-26(35)19-33-27(17-28(36)39-6-2)40-25(30(33)37)16-22-18-34(23-10-8-7-9-11-23)32-29(22)21-12-14-24(38-4)15-13-21/h7-18,20H,5-6,19H2,1-4H3,(H,31,35). The van der Waals surface area contributed by atoms with E-state index in [0.29, 0.717) is 26.2 Å². The maximum absolute atomic E-state index is 13.6. The van der Waals surface area contributed by atoms with Crippen molar-refractivity contribution in [2.45, 2.75) is 39.8 Å². The van der Waals surface area contributed by atoms with E-state index in [0.717, 1.165) is 29.0 Å². The third-order valence-corrected chi connectivity index (χ3v) is 7.26. The lowest BCUT2D eigenvalue weighted by Gasteiger charge is -2.11. The van der Waals surface area contributed by atoms with Crippen molar-refractivity contribution in [3.8, 4) is 22.7 Å². The zero-order valence-corrected chi connectivity index (χ0v) is 23.7. The number of nitrogens with one attached hydrogen (secondary N) is 1. The topological polar surface area (TPSA) is 104 Å². The molecule has 4 aromatic rings. The molecule has 1 N–H and O–H groups in total. The molecule has 1 amide bonds. The van der Waals surface area contributed by atoms with E-state index < -0.39 is 5.97 Å². The Morgan fingerprint density at radius 1 is 1.10 bits per heavy atom. The molecule has 4 rings (SSSR count). The van der Waals surface area contributed by atoms with Crippen LogP contribution in [-0.2, 0) is 20.9 Å². The number of carbonyl (C=O) groups is 2. The Kier molecular flexibility index (Phi) is 9.34. The quantitative estimate of drug-likeness (QED) is 0.299. The maximum Gasteiger partial charge on any atom is 0.333 e. The summed E-state index contributed by atoms with van der Waals surface area (Å²) in [6, 6.07) is 17.1. The molecule has 0 radical (unpaired) electrons. The largest absolute Gasteiger partial charge is 0.497 e. The molecule has 0 saturated heterocycles. The highest BCUT2D eigenvalue weighted by atomic mass is 32.1. The van der Waals surface area contributed by atoms with Gasteiger partial charge in [0.25, 0.3) is 5.56 Å². The second-order valence-corrected chi connectivity index (χ2v) is 10.1. The van der Waals surface area contributed by atoms with Crippen molar-refractivity contribution in [2.75, 3.05) is 13.7 Å². The van der Waals surface area contributed by atoms with Gasteiger partial charge in [-0.15, -0.1) is 11.3 Å². The van der Waals surface area contributed by atoms with E-state index in [-0.39, 0.29) is 30.7 Å². The highest BCUT2D eigenvalue weighted by Gasteiger charge is 2.15. The van der Waals surface area contributed by atoms with Crippen LogP contribution in [0.3, 0.4) is 0 Å². The molecule has 10 heteroatoms. The van der Waals surface area contributed by atoms with Gasteiger partial charge in [0.15, 0.2) is 0 Å². The Morgan fingerprint density at radius 2 is 1.82 bits per heavy atom. The fraction of sp³-hybridized carbons (Fsp3) is 0.267. The molecular formula is C30H32N4O5S. The van der Waals surface area contributed by atoms with Crippen LogP contribution in [0.25, 0.3) is 29.1 Å². The van der Waals surface area contributed by atoms with E-state index >= 15 is 0 Å². The van der Waals surface area contributed by atoms with Gasteiger partial charge in [-0.3, -0.25) is 14.2 Å². The highest BCUT2D eigenvalue weighted by Crippen LogP contribution is 2.26. The number of ether oxygens (including phenoxy) is 2. The number of aromatic nitrogens is 3. The van der Waals surface area contributed by atoms with E-state index in [1.165, 1.54) is 10.6 Å². The van der Waals surface area contributed by atoms with Crippen LogP contribution in [0.4, 0.5) is 0 Å². The number of amides is 1. The normalized spacial score (nSPS) is 12.8. The van der Waals surface area contributed by atoms with Crippen LogP contribution in [-0.4, -0.2) is 46.0 Å². The van der Waals surface area contributed by atoms with Crippen LogP contribution in [0.15, 0.2) is 65.6 Å². The number of rotatable bonds is 10. The Balaban J connectivity index is 1.87. The molecule has 2 heterocycles. The number of thiazole rings is 1. The van der Waals surface area contributed by atoms with Crippen molar-refractivity contribution >= 4 is 35.4 Å². The summed E-state index contributed by atoms with van der Waals surface area (Å²) in [5.41, 5.74) is 2.68. The van der Waals surface area contributed by atoms with Gasteiger partial charge in [-0.2, -0.15) is 5.10 Å². The second kappa shape index (κ2) is 13.1. The molecule has 0 saturated carbocycles. The van der Waals surface area contributed by atoms with Crippen LogP contribution in [0, 0.1) is 0 Å². The summed E-state index contributed by atoms with van der Waals surface area (Å²) in [5.74, 6) is -0.176. The lowest BCUT2D eigenvalue weighted by Crippen LogP contribution is -2.41. The van der Waals surface area contributed by atoms with Crippen LogP contribution >= 0.6 is 11.3 Å². The van der Waals surface area contributed by atoms with Crippen LogP contribution in [0.2, 0.25) is 0 Å². The number of hydrogen-bond donors (Lipinski definition) is 1. The summed E-state index contributed by atoms with van der Waals surface area (Å²) in [5, 5.41) is 7.69. The Bertz CT molecular complexity index is 1650. The van der Waals surface area contributed by atoms with Gasteiger partial charge in [-0.25, -0.2) is 9.48 Å². The first-order valence-corrected chi connectivity index (χ1v) is 13.8. The SMILES string of the molecule is CCOC(=O)C=c1sc(=Cc2cn(-c3ccccc3)nc2-c2ccc(OC)cc2)c(=O)n1CC(=O)NC(C)CC. The summed E-state index contributed by atoms with van der Waals surface area (Å²) in [6.07, 6.45) is 5.60. The molecule has 9 nitrogen and oxygen atoms in total. The number of methoxy groups -OCH3 is 1. The van der Waals surface area contributed by atoms with Crippen molar-refractivity contribution in [2.24, 2.45) is 0 Å². The monoisotopic (exact) mass is 560 g/mol. The van der Waals surface area contributed by atoms with E-state index in [4.69, 9.17) is 14.6 Å². The Labute approximate surface area is 236 Å². The third kappa shape index (κ3) is 6.76. The fourth-order valence-corrected chi connectivity index (χ4v) is 4.99. The molecule has 0 aliphatic heterocycles. The minimum Gasteiger partial charge on any atom is -0.497 e. The average Bonchev–Trinajstić information content (AvgIpc) is 3.50. The van der Waals surface area contributed by atoms with Gasteiger partial charge < -0.3 is 14.8 Å². The van der Waals surface area contributed by atoms with Crippen molar-refractivity contribution in [3.05, 3.63) is 85.9 Å². The molecule has 0 spiro atoms. The van der Waals surface area contributed by atoms with E-state index in [2.05, 4.69) is 5.32 Å². The molecule has 40 heavy (non-hydrogen) atoms. The van der Waals surface area contributed by atoms with Crippen molar-refractivity contribution in [1.82, 2.24) is 19.7 Å². The summed E-state index contributed by atoms with van der Waals surface area (Å²) < 4.78 is 14.1. The van der Waals surface area contributed by atoms with Crippen LogP contribution in [0.1, 0.15) is 32.8 Å². The van der Waals surface area contributed by atoms with Gasteiger partial charge >= 0.3 is 5.97 Å². The summed E-state index contributed by atoms with van der Waals surface area (Å²) in [4.78, 5) is 38.5. The summed E-state index contributed by atoms with van der Waals surface area (Å²) in [6.45, 7) is 5.54. The maximum atomic E-state index is 13.6. The van der Waals surface area contributed by atoms with Crippen molar-refractivity contribution in [3.63, 3.8) is 0 Å². The number of esters is 1. The van der Waals surface area contributed by atoms with Gasteiger partial charge in [-0.05, 0) is 62.7 Å². The van der Waals surface area contributed by atoms with E-state index in [1.54, 1.807) is 24.8 Å². The number of nitrogens with zero attached hydrogens (tertiary/aromatic N) is 3. The lowest BCUT2D eigenvalue weighted by atomic mass is 10.1. The minimum atomic E-state index is -0.581. The second-order valence-electron chi connectivity index (χ2n) is 9.06. The predicted octanol–water partition coefficient (Wildman–Crippen LogP) is 2.86. The Hall–Kier alpha value is -4.44. The zero-order valence-electron chi connectivity index (χ0n) is 22.9. The fourth-order valence-electron chi connectivity index (χ4n) is 3.96. The molecule has 0 aliphatic rings.